The van der Waals surface area contributed by atoms with Crippen molar-refractivity contribution in [2.45, 2.75) is 13.1 Å². The number of nitrogens with zero attached hydrogens (tertiary/aromatic N) is 4. The maximum atomic E-state index is 12.8. The van der Waals surface area contributed by atoms with E-state index in [1.165, 1.54) is 12.7 Å². The molecule has 180 valence electrons. The van der Waals surface area contributed by atoms with Crippen LogP contribution >= 0.6 is 11.6 Å². The molecule has 0 spiro atoms. The number of carbonyl (C=O) groups is 1. The van der Waals surface area contributed by atoms with Crippen molar-refractivity contribution in [1.29, 1.82) is 0 Å². The maximum absolute atomic E-state index is 12.8. The number of nitrogen functional groups attached to an aromatic ring is 1. The number of amides is 1. The van der Waals surface area contributed by atoms with Crippen molar-refractivity contribution in [2.75, 3.05) is 11.1 Å². The summed E-state index contributed by atoms with van der Waals surface area (Å²) < 4.78 is 6.63. The maximum Gasteiger partial charge on any atom is 0.272 e. The van der Waals surface area contributed by atoms with Gasteiger partial charge in [-0.05, 0) is 42.0 Å². The number of halogens is 1. The lowest BCUT2D eigenvalue weighted by molar-refractivity contribution is 0.0945. The Balaban J connectivity index is 1.39. The second-order valence-corrected chi connectivity index (χ2v) is 8.34. The molecule has 36 heavy (non-hydrogen) atoms. The lowest BCUT2D eigenvalue weighted by Crippen LogP contribution is -2.23. The van der Waals surface area contributed by atoms with E-state index in [0.717, 1.165) is 22.5 Å². The van der Waals surface area contributed by atoms with E-state index in [9.17, 15) is 4.79 Å². The highest BCUT2D eigenvalue weighted by Crippen LogP contribution is 2.26. The fourth-order valence-electron chi connectivity index (χ4n) is 3.64. The van der Waals surface area contributed by atoms with E-state index in [2.05, 4.69) is 25.7 Å². The van der Waals surface area contributed by atoms with Crippen LogP contribution in [-0.2, 0) is 13.1 Å². The molecule has 5 rings (SSSR count). The molecular weight excluding hydrogens is 478 g/mol. The summed E-state index contributed by atoms with van der Waals surface area (Å²) in [7, 11) is 0. The van der Waals surface area contributed by atoms with Crippen LogP contribution in [0.1, 0.15) is 21.7 Å². The molecule has 9 nitrogen and oxygen atoms in total. The highest BCUT2D eigenvalue weighted by molar-refractivity contribution is 6.31. The molecule has 0 saturated heterocycles. The molecule has 1 amide bonds. The fourth-order valence-corrected chi connectivity index (χ4v) is 3.82. The summed E-state index contributed by atoms with van der Waals surface area (Å²) >= 11 is 6.50. The van der Waals surface area contributed by atoms with Gasteiger partial charge >= 0.3 is 0 Å². The molecule has 4 N–H and O–H groups in total. The average Bonchev–Trinajstić information content (AvgIpc) is 3.58. The molecule has 0 atom stereocenters. The second kappa shape index (κ2) is 10.3. The van der Waals surface area contributed by atoms with Crippen molar-refractivity contribution in [3.8, 4) is 16.9 Å². The molecule has 0 unspecified atom stereocenters. The van der Waals surface area contributed by atoms with Crippen LogP contribution in [-0.4, -0.2) is 25.7 Å². The summed E-state index contributed by atoms with van der Waals surface area (Å²) in [6, 6.07) is 22.4. The normalized spacial score (nSPS) is 10.8. The van der Waals surface area contributed by atoms with Crippen molar-refractivity contribution in [2.24, 2.45) is 0 Å². The van der Waals surface area contributed by atoms with Crippen molar-refractivity contribution in [1.82, 2.24) is 25.1 Å². The van der Waals surface area contributed by atoms with Crippen molar-refractivity contribution in [3.63, 3.8) is 0 Å². The highest BCUT2D eigenvalue weighted by atomic mass is 35.5. The summed E-state index contributed by atoms with van der Waals surface area (Å²) in [5.41, 5.74) is 10.0. The number of oxazole rings is 1. The molecule has 0 fully saturated rings. The number of hydrogen-bond donors (Lipinski definition) is 3. The zero-order valence-electron chi connectivity index (χ0n) is 19.1. The summed E-state index contributed by atoms with van der Waals surface area (Å²) in [5, 5.41) is 11.3. The molecular formula is C26H22ClN7O2. The number of rotatable bonds is 8. The highest BCUT2D eigenvalue weighted by Gasteiger charge is 2.16. The molecule has 0 aliphatic carbocycles. The largest absolute Gasteiger partial charge is 0.451 e. The summed E-state index contributed by atoms with van der Waals surface area (Å²) in [5.74, 6) is 0.753. The number of para-hydroxylation sites is 1. The van der Waals surface area contributed by atoms with Gasteiger partial charge in [0.25, 0.3) is 5.91 Å². The smallest absolute Gasteiger partial charge is 0.272 e. The van der Waals surface area contributed by atoms with Gasteiger partial charge in [-0.3, -0.25) is 4.79 Å². The van der Waals surface area contributed by atoms with Crippen LogP contribution < -0.4 is 16.4 Å². The first-order valence-electron chi connectivity index (χ1n) is 11.1. The Hall–Kier alpha value is -4.63. The number of anilines is 2. The summed E-state index contributed by atoms with van der Waals surface area (Å²) in [6.07, 6.45) is 2.80. The quantitative estimate of drug-likeness (QED) is 0.282. The number of nitrogens with one attached hydrogen (secondary N) is 2. The van der Waals surface area contributed by atoms with Crippen molar-refractivity contribution >= 4 is 29.1 Å². The zero-order valence-corrected chi connectivity index (χ0v) is 19.8. The van der Waals surface area contributed by atoms with Gasteiger partial charge in [0.15, 0.2) is 12.1 Å². The van der Waals surface area contributed by atoms with Crippen molar-refractivity contribution in [3.05, 3.63) is 107 Å². The van der Waals surface area contributed by atoms with E-state index in [1.54, 1.807) is 16.8 Å². The molecule has 3 aromatic heterocycles. The number of hydrogen-bond acceptors (Lipinski definition) is 7. The Morgan fingerprint density at radius 1 is 1.03 bits per heavy atom. The SMILES string of the molecule is Nc1cccc(-c2ccc(Cl)c(CNc3cc(C(=O)NCc4cocn4)nn3-c3ccccc3)c2)n1. The standard InChI is InChI=1S/C26H22ClN7O2/c27-21-10-9-17(22-7-4-8-24(28)32-22)11-18(21)13-29-25-12-23(26(35)30-14-19-15-36-16-31-19)33-34(25)20-5-2-1-3-6-20/h1-12,15-16,29H,13-14H2,(H2,28,32)(H,30,35). The van der Waals surface area contributed by atoms with Crippen LogP contribution in [0, 0.1) is 0 Å². The van der Waals surface area contributed by atoms with Gasteiger partial charge in [-0.15, -0.1) is 0 Å². The molecule has 5 aromatic rings. The molecule has 0 bridgehead atoms. The Morgan fingerprint density at radius 3 is 2.67 bits per heavy atom. The van der Waals surface area contributed by atoms with Crippen LogP contribution in [0.15, 0.2) is 89.9 Å². The fraction of sp³-hybridized carbons (Fsp3) is 0.0769. The van der Waals surface area contributed by atoms with Gasteiger partial charge in [0.1, 0.15) is 17.9 Å². The summed E-state index contributed by atoms with van der Waals surface area (Å²) in [6.45, 7) is 0.629. The van der Waals surface area contributed by atoms with E-state index < -0.39 is 0 Å². The van der Waals surface area contributed by atoms with Crippen molar-refractivity contribution < 1.29 is 9.21 Å². The van der Waals surface area contributed by atoms with Crippen LogP contribution in [0.5, 0.6) is 0 Å². The number of aromatic nitrogens is 4. The average molecular weight is 500 g/mol. The van der Waals surface area contributed by atoms with Gasteiger partial charge in [0.05, 0.1) is 23.6 Å². The van der Waals surface area contributed by atoms with E-state index in [1.807, 2.05) is 60.7 Å². The van der Waals surface area contributed by atoms with Crippen LogP contribution in [0.25, 0.3) is 16.9 Å². The molecule has 0 aliphatic rings. The lowest BCUT2D eigenvalue weighted by Gasteiger charge is -2.12. The first kappa shape index (κ1) is 23.1. The molecule has 0 aliphatic heterocycles. The predicted octanol–water partition coefficient (Wildman–Crippen LogP) is 4.70. The molecule has 0 radical (unpaired) electrons. The minimum atomic E-state index is -0.330. The topological polar surface area (TPSA) is 124 Å². The van der Waals surface area contributed by atoms with Gasteiger partial charge in [-0.1, -0.05) is 41.9 Å². The third-order valence-electron chi connectivity index (χ3n) is 5.43. The van der Waals surface area contributed by atoms with E-state index in [-0.39, 0.29) is 18.1 Å². The number of benzene rings is 2. The van der Waals surface area contributed by atoms with E-state index >= 15 is 0 Å². The van der Waals surface area contributed by atoms with Gasteiger partial charge in [-0.25, -0.2) is 14.6 Å². The van der Waals surface area contributed by atoms with Crippen LogP contribution in [0.3, 0.4) is 0 Å². The van der Waals surface area contributed by atoms with Gasteiger partial charge in [-0.2, -0.15) is 5.10 Å². The Morgan fingerprint density at radius 2 is 1.89 bits per heavy atom. The molecule has 2 aromatic carbocycles. The Labute approximate surface area is 211 Å². The first-order valence-corrected chi connectivity index (χ1v) is 11.5. The molecule has 10 heteroatoms. The third kappa shape index (κ3) is 5.21. The van der Waals surface area contributed by atoms with E-state index in [0.29, 0.717) is 28.9 Å². The molecule has 3 heterocycles. The van der Waals surface area contributed by atoms with E-state index in [4.69, 9.17) is 21.8 Å². The number of carbonyl (C=O) groups excluding carboxylic acids is 1. The van der Waals surface area contributed by atoms with Gasteiger partial charge in [0, 0.05) is 23.2 Å². The lowest BCUT2D eigenvalue weighted by atomic mass is 10.1. The number of nitrogens with two attached hydrogens (primary N) is 1. The van der Waals surface area contributed by atoms with Gasteiger partial charge in [0.2, 0.25) is 0 Å². The molecule has 0 saturated carbocycles. The third-order valence-corrected chi connectivity index (χ3v) is 5.80. The van der Waals surface area contributed by atoms with Gasteiger partial charge < -0.3 is 20.8 Å². The Bertz CT molecular complexity index is 1480. The Kier molecular flexibility index (Phi) is 6.63. The summed E-state index contributed by atoms with van der Waals surface area (Å²) in [4.78, 5) is 21.2. The number of pyridine rings is 1. The second-order valence-electron chi connectivity index (χ2n) is 7.93. The monoisotopic (exact) mass is 499 g/mol. The minimum absolute atomic E-state index is 0.233. The zero-order chi connectivity index (χ0) is 24.9. The predicted molar refractivity (Wildman–Crippen MR) is 138 cm³/mol. The first-order chi connectivity index (χ1) is 17.6. The van der Waals surface area contributed by atoms with Crippen LogP contribution in [0.4, 0.5) is 11.6 Å². The minimum Gasteiger partial charge on any atom is -0.451 e. The van der Waals surface area contributed by atoms with Crippen LogP contribution in [0.2, 0.25) is 5.02 Å².